The zero-order chi connectivity index (χ0) is 18.8. The van der Waals surface area contributed by atoms with Crippen molar-refractivity contribution in [1.29, 1.82) is 0 Å². The summed E-state index contributed by atoms with van der Waals surface area (Å²) >= 11 is 0. The first-order valence-corrected chi connectivity index (χ1v) is 9.61. The van der Waals surface area contributed by atoms with Crippen molar-refractivity contribution in [3.05, 3.63) is 65.2 Å². The van der Waals surface area contributed by atoms with Crippen molar-refractivity contribution in [3.63, 3.8) is 0 Å². The fraction of sp³-hybridized carbons (Fsp3) is 0.364. The molecule has 2 aliphatic rings. The van der Waals surface area contributed by atoms with Crippen LogP contribution < -0.4 is 15.5 Å². The van der Waals surface area contributed by atoms with Crippen LogP contribution in [0, 0.1) is 6.92 Å². The molecule has 2 aromatic carbocycles. The van der Waals surface area contributed by atoms with Gasteiger partial charge in [0.25, 0.3) is 5.91 Å². The van der Waals surface area contributed by atoms with Crippen LogP contribution in [0.1, 0.15) is 46.8 Å². The lowest BCUT2D eigenvalue weighted by Crippen LogP contribution is -2.45. The molecule has 0 radical (unpaired) electrons. The Bertz CT molecular complexity index is 856. The third kappa shape index (κ3) is 3.82. The van der Waals surface area contributed by atoms with E-state index in [1.165, 1.54) is 11.3 Å². The van der Waals surface area contributed by atoms with Crippen molar-refractivity contribution in [2.24, 2.45) is 0 Å². The van der Waals surface area contributed by atoms with Crippen LogP contribution in [-0.4, -0.2) is 30.9 Å². The van der Waals surface area contributed by atoms with Crippen molar-refractivity contribution >= 4 is 17.5 Å². The fourth-order valence-corrected chi connectivity index (χ4v) is 4.06. The second kappa shape index (κ2) is 7.43. The third-order valence-electron chi connectivity index (χ3n) is 5.50. The molecular formula is C22H25N3O2. The zero-order valence-electron chi connectivity index (χ0n) is 15.6. The Morgan fingerprint density at radius 3 is 2.70 bits per heavy atom. The van der Waals surface area contributed by atoms with E-state index in [9.17, 15) is 9.59 Å². The predicted octanol–water partition coefficient (Wildman–Crippen LogP) is 2.95. The van der Waals surface area contributed by atoms with Gasteiger partial charge in [0.2, 0.25) is 5.91 Å². The van der Waals surface area contributed by atoms with Crippen LogP contribution in [0.15, 0.2) is 48.5 Å². The Morgan fingerprint density at radius 2 is 1.93 bits per heavy atom. The number of piperidine rings is 1. The normalized spacial score (nSPS) is 19.5. The molecule has 2 aliphatic heterocycles. The minimum Gasteiger partial charge on any atom is -0.371 e. The molecule has 2 N–H and O–H groups in total. The maximum Gasteiger partial charge on any atom is 0.252 e. The van der Waals surface area contributed by atoms with Crippen LogP contribution in [-0.2, 0) is 4.79 Å². The summed E-state index contributed by atoms with van der Waals surface area (Å²) in [5, 5.41) is 6.07. The summed E-state index contributed by atoms with van der Waals surface area (Å²) in [6, 6.07) is 16.0. The summed E-state index contributed by atoms with van der Waals surface area (Å²) in [4.78, 5) is 26.9. The monoisotopic (exact) mass is 363 g/mol. The van der Waals surface area contributed by atoms with E-state index in [1.807, 2.05) is 24.3 Å². The van der Waals surface area contributed by atoms with Gasteiger partial charge in [0.05, 0.1) is 12.5 Å². The lowest BCUT2D eigenvalue weighted by Gasteiger charge is -2.34. The Labute approximate surface area is 159 Å². The Hall–Kier alpha value is -2.82. The molecule has 0 aromatic heterocycles. The van der Waals surface area contributed by atoms with Crippen molar-refractivity contribution in [1.82, 2.24) is 10.6 Å². The van der Waals surface area contributed by atoms with Gasteiger partial charge in [0.15, 0.2) is 0 Å². The van der Waals surface area contributed by atoms with E-state index < -0.39 is 0 Å². The topological polar surface area (TPSA) is 61.4 Å². The van der Waals surface area contributed by atoms with Gasteiger partial charge < -0.3 is 15.5 Å². The molecule has 5 heteroatoms. The molecule has 0 bridgehead atoms. The van der Waals surface area contributed by atoms with Crippen molar-refractivity contribution in [2.75, 3.05) is 18.0 Å². The molecule has 1 fully saturated rings. The first-order chi connectivity index (χ1) is 13.1. The largest absolute Gasteiger partial charge is 0.371 e. The third-order valence-corrected chi connectivity index (χ3v) is 5.50. The first kappa shape index (κ1) is 17.6. The highest BCUT2D eigenvalue weighted by atomic mass is 16.2. The van der Waals surface area contributed by atoms with Gasteiger partial charge in [-0.25, -0.2) is 0 Å². The van der Waals surface area contributed by atoms with E-state index in [-0.39, 0.29) is 23.9 Å². The number of nitrogens with one attached hydrogen (secondary N) is 2. The molecule has 2 heterocycles. The van der Waals surface area contributed by atoms with Crippen molar-refractivity contribution < 1.29 is 9.59 Å². The minimum atomic E-state index is -0.221. The summed E-state index contributed by atoms with van der Waals surface area (Å²) in [6.45, 7) is 3.99. The van der Waals surface area contributed by atoms with Gasteiger partial charge in [-0.15, -0.1) is 0 Å². The molecule has 2 amide bonds. The molecule has 0 saturated carbocycles. The van der Waals surface area contributed by atoms with Crippen LogP contribution in [0.25, 0.3) is 0 Å². The van der Waals surface area contributed by atoms with Crippen LogP contribution in [0.5, 0.6) is 0 Å². The standard InChI is InChI=1S/C22H25N3O2/c1-15-5-4-6-17(13-15)25-11-9-16(10-12-25)23-21(26)14-20-18-7-2-3-8-19(18)22(27)24-20/h2-8,13,16,20H,9-12,14H2,1H3,(H,23,26)(H,24,27)/t20-/m1/s1. The number of hydrogen-bond acceptors (Lipinski definition) is 3. The highest BCUT2D eigenvalue weighted by Gasteiger charge is 2.30. The second-order valence-electron chi connectivity index (χ2n) is 7.49. The second-order valence-corrected chi connectivity index (χ2v) is 7.49. The summed E-state index contributed by atoms with van der Waals surface area (Å²) in [7, 11) is 0. The smallest absolute Gasteiger partial charge is 0.252 e. The highest BCUT2D eigenvalue weighted by molar-refractivity contribution is 5.99. The van der Waals surface area contributed by atoms with Crippen LogP contribution in [0.3, 0.4) is 0 Å². The number of aryl methyl sites for hydroxylation is 1. The molecule has 2 aromatic rings. The Balaban J connectivity index is 1.30. The highest BCUT2D eigenvalue weighted by Crippen LogP contribution is 2.27. The summed E-state index contributed by atoms with van der Waals surface area (Å²) in [6.07, 6.45) is 2.17. The predicted molar refractivity (Wildman–Crippen MR) is 106 cm³/mol. The Morgan fingerprint density at radius 1 is 1.15 bits per heavy atom. The summed E-state index contributed by atoms with van der Waals surface area (Å²) in [5.74, 6) is -0.0825. The van der Waals surface area contributed by atoms with Gasteiger partial charge in [-0.05, 0) is 49.1 Å². The fourth-order valence-electron chi connectivity index (χ4n) is 4.06. The summed E-state index contributed by atoms with van der Waals surface area (Å²) in [5.41, 5.74) is 4.13. The average Bonchev–Trinajstić information content (AvgIpc) is 2.98. The van der Waals surface area contributed by atoms with Crippen molar-refractivity contribution in [2.45, 2.75) is 38.3 Å². The molecular weight excluding hydrogens is 338 g/mol. The molecule has 27 heavy (non-hydrogen) atoms. The van der Waals surface area contributed by atoms with Crippen LogP contribution >= 0.6 is 0 Å². The van der Waals surface area contributed by atoms with Crippen LogP contribution in [0.4, 0.5) is 5.69 Å². The van der Waals surface area contributed by atoms with E-state index in [0.29, 0.717) is 12.0 Å². The SMILES string of the molecule is Cc1cccc(N2CCC(NC(=O)C[C@H]3NC(=O)c4ccccc43)CC2)c1. The Kier molecular flexibility index (Phi) is 4.84. The molecule has 140 valence electrons. The van der Waals surface area contributed by atoms with Gasteiger partial charge in [0.1, 0.15) is 0 Å². The number of anilines is 1. The van der Waals surface area contributed by atoms with Gasteiger partial charge in [-0.2, -0.15) is 0 Å². The number of rotatable bonds is 4. The van der Waals surface area contributed by atoms with Gasteiger partial charge in [-0.1, -0.05) is 30.3 Å². The molecule has 1 saturated heterocycles. The van der Waals surface area contributed by atoms with E-state index in [1.54, 1.807) is 0 Å². The van der Waals surface area contributed by atoms with E-state index >= 15 is 0 Å². The maximum atomic E-state index is 12.5. The number of benzene rings is 2. The zero-order valence-corrected chi connectivity index (χ0v) is 15.6. The van der Waals surface area contributed by atoms with Gasteiger partial charge >= 0.3 is 0 Å². The molecule has 5 nitrogen and oxygen atoms in total. The van der Waals surface area contributed by atoms with Crippen LogP contribution in [0.2, 0.25) is 0 Å². The van der Waals surface area contributed by atoms with Gasteiger partial charge in [-0.3, -0.25) is 9.59 Å². The number of carbonyl (C=O) groups is 2. The molecule has 0 aliphatic carbocycles. The lowest BCUT2D eigenvalue weighted by atomic mass is 10.0. The minimum absolute atomic E-state index is 0.00556. The lowest BCUT2D eigenvalue weighted by molar-refractivity contribution is -0.122. The van der Waals surface area contributed by atoms with Crippen molar-refractivity contribution in [3.8, 4) is 0 Å². The molecule has 0 spiro atoms. The van der Waals surface area contributed by atoms with E-state index in [4.69, 9.17) is 0 Å². The number of amides is 2. The number of nitrogens with zero attached hydrogens (tertiary/aromatic N) is 1. The summed E-state index contributed by atoms with van der Waals surface area (Å²) < 4.78 is 0. The first-order valence-electron chi connectivity index (χ1n) is 9.61. The molecule has 0 unspecified atom stereocenters. The quantitative estimate of drug-likeness (QED) is 0.878. The maximum absolute atomic E-state index is 12.5. The number of fused-ring (bicyclic) bond motifs is 1. The number of carbonyl (C=O) groups excluding carboxylic acids is 2. The number of hydrogen-bond donors (Lipinski definition) is 2. The van der Waals surface area contributed by atoms with E-state index in [0.717, 1.165) is 31.5 Å². The van der Waals surface area contributed by atoms with Gasteiger partial charge in [0, 0.05) is 30.4 Å². The average molecular weight is 363 g/mol. The molecule has 1 atom stereocenters. The molecule has 4 rings (SSSR count). The van der Waals surface area contributed by atoms with E-state index in [2.05, 4.69) is 46.7 Å².